The summed E-state index contributed by atoms with van der Waals surface area (Å²) in [4.78, 5) is 23.6. The van der Waals surface area contributed by atoms with Gasteiger partial charge in [0.2, 0.25) is 5.91 Å². The Morgan fingerprint density at radius 2 is 1.84 bits per heavy atom. The van der Waals surface area contributed by atoms with Gasteiger partial charge < -0.3 is 16.0 Å². The average molecular weight is 364 g/mol. The molecule has 0 aromatic heterocycles. The highest BCUT2D eigenvalue weighted by atomic mass is 35.5. The summed E-state index contributed by atoms with van der Waals surface area (Å²) in [5, 5.41) is 7.84. The molecule has 0 aliphatic heterocycles. The van der Waals surface area contributed by atoms with E-state index in [1.807, 2.05) is 30.3 Å². The fourth-order valence-electron chi connectivity index (χ4n) is 2.13. The number of nitrogens with one attached hydrogen (secondary N) is 3. The van der Waals surface area contributed by atoms with Crippen LogP contribution in [-0.2, 0) is 11.3 Å². The van der Waals surface area contributed by atoms with Crippen molar-refractivity contribution in [1.29, 1.82) is 0 Å². The summed E-state index contributed by atoms with van der Waals surface area (Å²) in [5.41, 5.74) is 1.64. The van der Waals surface area contributed by atoms with Crippen LogP contribution in [0, 0.1) is 5.82 Å². The van der Waals surface area contributed by atoms with Gasteiger partial charge in [-0.1, -0.05) is 48.0 Å². The van der Waals surface area contributed by atoms with E-state index in [9.17, 15) is 14.0 Å². The molecular formula is C18H19ClFN3O2. The lowest BCUT2D eigenvalue weighted by Gasteiger charge is -2.15. The molecule has 0 spiro atoms. The number of amides is 3. The normalized spacial score (nSPS) is 11.5. The number of rotatable bonds is 6. The zero-order valence-electron chi connectivity index (χ0n) is 13.7. The minimum absolute atomic E-state index is 0.00755. The standard InChI is InChI=1S/C18H19ClFN3O2/c1-12(14-7-8-16(20)15(19)9-14)23-18(25)22-11-17(24)21-10-13-5-3-2-4-6-13/h2-9,12H,10-11H2,1H3,(H,21,24)(H2,22,23,25). The highest BCUT2D eigenvalue weighted by molar-refractivity contribution is 6.30. The van der Waals surface area contributed by atoms with Crippen molar-refractivity contribution >= 4 is 23.5 Å². The highest BCUT2D eigenvalue weighted by Crippen LogP contribution is 2.20. The van der Waals surface area contributed by atoms with Crippen molar-refractivity contribution in [1.82, 2.24) is 16.0 Å². The number of urea groups is 1. The molecule has 7 heteroatoms. The Kier molecular flexibility index (Phi) is 6.77. The molecule has 3 amide bonds. The quantitative estimate of drug-likeness (QED) is 0.737. The van der Waals surface area contributed by atoms with E-state index < -0.39 is 11.8 Å². The van der Waals surface area contributed by atoms with E-state index in [0.29, 0.717) is 12.1 Å². The van der Waals surface area contributed by atoms with Crippen molar-refractivity contribution in [2.45, 2.75) is 19.5 Å². The van der Waals surface area contributed by atoms with Crippen LogP contribution in [0.3, 0.4) is 0 Å². The third-order valence-corrected chi connectivity index (χ3v) is 3.82. The fraction of sp³-hybridized carbons (Fsp3) is 0.222. The van der Waals surface area contributed by atoms with E-state index in [-0.39, 0.29) is 23.5 Å². The zero-order chi connectivity index (χ0) is 18.2. The van der Waals surface area contributed by atoms with Gasteiger partial charge in [-0.05, 0) is 30.2 Å². The summed E-state index contributed by atoms with van der Waals surface area (Å²) < 4.78 is 13.2. The Hall–Kier alpha value is -2.60. The topological polar surface area (TPSA) is 70.2 Å². The SMILES string of the molecule is CC(NC(=O)NCC(=O)NCc1ccccc1)c1ccc(F)c(Cl)c1. The Morgan fingerprint density at radius 3 is 2.52 bits per heavy atom. The van der Waals surface area contributed by atoms with Crippen LogP contribution < -0.4 is 16.0 Å². The van der Waals surface area contributed by atoms with Crippen LogP contribution in [0.2, 0.25) is 5.02 Å². The molecular weight excluding hydrogens is 345 g/mol. The van der Waals surface area contributed by atoms with Gasteiger partial charge in [0, 0.05) is 6.54 Å². The minimum Gasteiger partial charge on any atom is -0.350 e. The second kappa shape index (κ2) is 9.03. The molecule has 0 saturated carbocycles. The largest absolute Gasteiger partial charge is 0.350 e. The van der Waals surface area contributed by atoms with Gasteiger partial charge in [-0.25, -0.2) is 9.18 Å². The van der Waals surface area contributed by atoms with Gasteiger partial charge in [0.1, 0.15) is 5.82 Å². The first kappa shape index (κ1) is 18.7. The molecule has 0 radical (unpaired) electrons. The third kappa shape index (κ3) is 6.08. The number of carbonyl (C=O) groups excluding carboxylic acids is 2. The van der Waals surface area contributed by atoms with Crippen molar-refractivity contribution in [2.24, 2.45) is 0 Å². The van der Waals surface area contributed by atoms with Gasteiger partial charge >= 0.3 is 6.03 Å². The maximum absolute atomic E-state index is 13.2. The molecule has 0 aliphatic carbocycles. The molecule has 0 heterocycles. The molecule has 2 aromatic carbocycles. The van der Waals surface area contributed by atoms with Crippen LogP contribution in [0.4, 0.5) is 9.18 Å². The lowest BCUT2D eigenvalue weighted by molar-refractivity contribution is -0.120. The highest BCUT2D eigenvalue weighted by Gasteiger charge is 2.12. The molecule has 0 fully saturated rings. The summed E-state index contributed by atoms with van der Waals surface area (Å²) in [7, 11) is 0. The van der Waals surface area contributed by atoms with Crippen LogP contribution >= 0.6 is 11.6 Å². The molecule has 2 rings (SSSR count). The van der Waals surface area contributed by atoms with Crippen LogP contribution in [0.25, 0.3) is 0 Å². The zero-order valence-corrected chi connectivity index (χ0v) is 14.4. The Morgan fingerprint density at radius 1 is 1.12 bits per heavy atom. The summed E-state index contributed by atoms with van der Waals surface area (Å²) in [6, 6.07) is 12.8. The van der Waals surface area contributed by atoms with Crippen molar-refractivity contribution in [3.8, 4) is 0 Å². The number of hydrogen-bond acceptors (Lipinski definition) is 2. The lowest BCUT2D eigenvalue weighted by atomic mass is 10.1. The van der Waals surface area contributed by atoms with E-state index in [4.69, 9.17) is 11.6 Å². The molecule has 132 valence electrons. The van der Waals surface area contributed by atoms with Gasteiger partial charge in [-0.2, -0.15) is 0 Å². The lowest BCUT2D eigenvalue weighted by Crippen LogP contribution is -2.42. The Balaban J connectivity index is 1.74. The van der Waals surface area contributed by atoms with Gasteiger partial charge in [0.25, 0.3) is 0 Å². The van der Waals surface area contributed by atoms with Crippen LogP contribution in [0.5, 0.6) is 0 Å². The van der Waals surface area contributed by atoms with Gasteiger partial charge in [-0.3, -0.25) is 4.79 Å². The Bertz CT molecular complexity index is 740. The maximum Gasteiger partial charge on any atom is 0.315 e. The van der Waals surface area contributed by atoms with E-state index in [0.717, 1.165) is 5.56 Å². The molecule has 25 heavy (non-hydrogen) atoms. The first-order valence-electron chi connectivity index (χ1n) is 7.75. The average Bonchev–Trinajstić information content (AvgIpc) is 2.61. The predicted octanol–water partition coefficient (Wildman–Crippen LogP) is 3.16. The van der Waals surface area contributed by atoms with Crippen molar-refractivity contribution in [3.63, 3.8) is 0 Å². The first-order valence-corrected chi connectivity index (χ1v) is 8.13. The maximum atomic E-state index is 13.2. The van der Waals surface area contributed by atoms with E-state index in [1.54, 1.807) is 13.0 Å². The number of halogens is 2. The second-order valence-electron chi connectivity index (χ2n) is 5.48. The molecule has 3 N–H and O–H groups in total. The first-order chi connectivity index (χ1) is 12.0. The monoisotopic (exact) mass is 363 g/mol. The van der Waals surface area contributed by atoms with Crippen molar-refractivity contribution in [3.05, 3.63) is 70.5 Å². The van der Waals surface area contributed by atoms with E-state index in [1.165, 1.54) is 12.1 Å². The summed E-state index contributed by atoms with van der Waals surface area (Å²) in [6.45, 7) is 1.99. The van der Waals surface area contributed by atoms with E-state index in [2.05, 4.69) is 16.0 Å². The predicted molar refractivity (Wildman–Crippen MR) is 94.6 cm³/mol. The van der Waals surface area contributed by atoms with Crippen LogP contribution in [0.1, 0.15) is 24.1 Å². The smallest absolute Gasteiger partial charge is 0.315 e. The number of carbonyl (C=O) groups is 2. The number of benzene rings is 2. The van der Waals surface area contributed by atoms with Crippen LogP contribution in [-0.4, -0.2) is 18.5 Å². The fourth-order valence-corrected chi connectivity index (χ4v) is 2.32. The molecule has 1 unspecified atom stereocenters. The van der Waals surface area contributed by atoms with Crippen LogP contribution in [0.15, 0.2) is 48.5 Å². The summed E-state index contributed by atoms with van der Waals surface area (Å²) >= 11 is 5.73. The molecule has 2 aromatic rings. The molecule has 5 nitrogen and oxygen atoms in total. The van der Waals surface area contributed by atoms with Crippen molar-refractivity contribution in [2.75, 3.05) is 6.54 Å². The van der Waals surface area contributed by atoms with Gasteiger partial charge in [0.05, 0.1) is 17.6 Å². The summed E-state index contributed by atoms with van der Waals surface area (Å²) in [5.74, 6) is -0.811. The minimum atomic E-state index is -0.517. The van der Waals surface area contributed by atoms with Crippen molar-refractivity contribution < 1.29 is 14.0 Å². The van der Waals surface area contributed by atoms with E-state index >= 15 is 0 Å². The Labute approximate surface area is 150 Å². The molecule has 1 atom stereocenters. The molecule has 0 bridgehead atoms. The molecule has 0 saturated heterocycles. The molecule has 0 aliphatic rings. The number of hydrogen-bond donors (Lipinski definition) is 3. The third-order valence-electron chi connectivity index (χ3n) is 3.53. The van der Waals surface area contributed by atoms with Gasteiger partial charge in [-0.15, -0.1) is 0 Å². The van der Waals surface area contributed by atoms with Gasteiger partial charge in [0.15, 0.2) is 0 Å². The summed E-state index contributed by atoms with van der Waals surface area (Å²) in [6.07, 6.45) is 0. The second-order valence-corrected chi connectivity index (χ2v) is 5.89.